The van der Waals surface area contributed by atoms with Gasteiger partial charge in [0.15, 0.2) is 11.5 Å². The highest BCUT2D eigenvalue weighted by molar-refractivity contribution is 5.57. The first-order chi connectivity index (χ1) is 12.1. The molecule has 1 aliphatic heterocycles. The van der Waals surface area contributed by atoms with Crippen LogP contribution in [0.25, 0.3) is 0 Å². The van der Waals surface area contributed by atoms with Gasteiger partial charge in [-0.15, -0.1) is 5.10 Å². The second kappa shape index (κ2) is 6.61. The van der Waals surface area contributed by atoms with Gasteiger partial charge in [0.05, 0.1) is 13.0 Å². The summed E-state index contributed by atoms with van der Waals surface area (Å²) < 4.78 is 16.5. The van der Waals surface area contributed by atoms with Crippen LogP contribution in [-0.4, -0.2) is 23.9 Å². The van der Waals surface area contributed by atoms with Crippen molar-refractivity contribution in [3.8, 4) is 23.4 Å². The number of methoxy groups -OCH3 is 1. The number of aryl methyl sites for hydroxylation is 1. The fraction of sp³-hybridized carbons (Fsp3) is 0.222. The molecule has 1 aromatic heterocycles. The monoisotopic (exact) mass is 338 g/mol. The molecule has 3 N–H and O–H groups in total. The molecule has 0 spiro atoms. The molecule has 2 heterocycles. The summed E-state index contributed by atoms with van der Waals surface area (Å²) in [4.78, 5) is 0. The zero-order valence-corrected chi connectivity index (χ0v) is 14.0. The first-order valence-electron chi connectivity index (χ1n) is 7.64. The highest BCUT2D eigenvalue weighted by Gasteiger charge is 2.34. The van der Waals surface area contributed by atoms with E-state index in [1.165, 1.54) is 0 Å². The molecule has 1 aliphatic rings. The number of benzene rings is 1. The topological polar surface area (TPSA) is 106 Å². The number of nitrogens with zero attached hydrogens (tertiary/aromatic N) is 2. The van der Waals surface area contributed by atoms with Crippen molar-refractivity contribution in [1.29, 1.82) is 5.26 Å². The van der Waals surface area contributed by atoms with Gasteiger partial charge < -0.3 is 19.9 Å². The molecule has 0 saturated carbocycles. The van der Waals surface area contributed by atoms with Crippen LogP contribution in [0, 0.1) is 18.3 Å². The molecule has 7 nitrogen and oxygen atoms in total. The lowest BCUT2D eigenvalue weighted by Gasteiger charge is -2.24. The Hall–Kier alpha value is -3.40. The number of hydrogen-bond donors (Lipinski definition) is 2. The van der Waals surface area contributed by atoms with Crippen molar-refractivity contribution in [2.45, 2.75) is 12.8 Å². The van der Waals surface area contributed by atoms with E-state index in [1.807, 2.05) is 19.1 Å². The number of aromatic amines is 1. The van der Waals surface area contributed by atoms with Gasteiger partial charge in [0.25, 0.3) is 0 Å². The number of aromatic nitrogens is 2. The third kappa shape index (κ3) is 2.78. The molecule has 1 atom stereocenters. The van der Waals surface area contributed by atoms with Crippen molar-refractivity contribution < 1.29 is 14.2 Å². The number of nitriles is 1. The molecule has 128 valence electrons. The standard InChI is InChI=1S/C18H18N4O3/c1-4-7-24-13-6-5-11(8-14(13)23-3)16-12(9-19)17(20)25-18-15(16)10(2)21-22-18/h4-6,8,16H,1,7,20H2,2-3H3,(H,21,22)/t16-/m1/s1. The maximum Gasteiger partial charge on any atom is 0.244 e. The summed E-state index contributed by atoms with van der Waals surface area (Å²) in [5.74, 6) is 1.19. The zero-order valence-electron chi connectivity index (χ0n) is 14.0. The summed E-state index contributed by atoms with van der Waals surface area (Å²) in [6, 6.07) is 7.65. The smallest absolute Gasteiger partial charge is 0.244 e. The average Bonchev–Trinajstić information content (AvgIpc) is 2.99. The fourth-order valence-electron chi connectivity index (χ4n) is 2.86. The zero-order chi connectivity index (χ0) is 18.0. The predicted molar refractivity (Wildman–Crippen MR) is 91.3 cm³/mol. The van der Waals surface area contributed by atoms with E-state index in [0.717, 1.165) is 16.8 Å². The van der Waals surface area contributed by atoms with E-state index in [1.54, 1.807) is 19.3 Å². The van der Waals surface area contributed by atoms with Crippen LogP contribution in [-0.2, 0) is 0 Å². The van der Waals surface area contributed by atoms with Crippen molar-refractivity contribution in [2.24, 2.45) is 5.73 Å². The Morgan fingerprint density at radius 1 is 1.48 bits per heavy atom. The summed E-state index contributed by atoms with van der Waals surface area (Å²) in [6.45, 7) is 5.88. The first-order valence-corrected chi connectivity index (χ1v) is 7.64. The Kier molecular flexibility index (Phi) is 4.35. The molecule has 0 unspecified atom stereocenters. The summed E-state index contributed by atoms with van der Waals surface area (Å²) >= 11 is 0. The van der Waals surface area contributed by atoms with Crippen molar-refractivity contribution in [1.82, 2.24) is 10.2 Å². The minimum atomic E-state index is -0.394. The van der Waals surface area contributed by atoms with Crippen LogP contribution in [0.3, 0.4) is 0 Å². The predicted octanol–water partition coefficient (Wildman–Crippen LogP) is 2.51. The number of nitrogens with one attached hydrogen (secondary N) is 1. The van der Waals surface area contributed by atoms with Crippen LogP contribution in [0.15, 0.2) is 42.3 Å². The Labute approximate surface area is 145 Å². The maximum absolute atomic E-state index is 9.58. The van der Waals surface area contributed by atoms with E-state index >= 15 is 0 Å². The molecule has 1 aromatic carbocycles. The highest BCUT2D eigenvalue weighted by Crippen LogP contribution is 2.44. The molecule has 0 aliphatic carbocycles. The van der Waals surface area contributed by atoms with Crippen LogP contribution in [0.1, 0.15) is 22.7 Å². The number of rotatable bonds is 5. The van der Waals surface area contributed by atoms with E-state index in [2.05, 4.69) is 22.8 Å². The Bertz CT molecular complexity index is 892. The van der Waals surface area contributed by atoms with Crippen molar-refractivity contribution >= 4 is 0 Å². The molecule has 0 saturated heterocycles. The van der Waals surface area contributed by atoms with Gasteiger partial charge in [-0.05, 0) is 24.6 Å². The van der Waals surface area contributed by atoms with Gasteiger partial charge in [0.2, 0.25) is 11.8 Å². The van der Waals surface area contributed by atoms with Gasteiger partial charge >= 0.3 is 0 Å². The van der Waals surface area contributed by atoms with Crippen LogP contribution in [0.5, 0.6) is 17.4 Å². The number of H-pyrrole nitrogens is 1. The van der Waals surface area contributed by atoms with E-state index < -0.39 is 5.92 Å². The van der Waals surface area contributed by atoms with Crippen LogP contribution < -0.4 is 19.9 Å². The van der Waals surface area contributed by atoms with Crippen molar-refractivity contribution in [3.05, 3.63) is 59.1 Å². The minimum absolute atomic E-state index is 0.0532. The van der Waals surface area contributed by atoms with Crippen molar-refractivity contribution in [2.75, 3.05) is 13.7 Å². The summed E-state index contributed by atoms with van der Waals surface area (Å²) in [5, 5.41) is 16.6. The maximum atomic E-state index is 9.58. The number of nitrogens with two attached hydrogens (primary N) is 1. The SMILES string of the molecule is C=CCOc1ccc([C@@H]2C(C#N)=C(N)Oc3n[nH]c(C)c32)cc1OC. The highest BCUT2D eigenvalue weighted by atomic mass is 16.5. The molecule has 0 bridgehead atoms. The van der Waals surface area contributed by atoms with E-state index in [4.69, 9.17) is 19.9 Å². The second-order valence-electron chi connectivity index (χ2n) is 5.50. The van der Waals surface area contributed by atoms with Crippen LogP contribution in [0.4, 0.5) is 0 Å². The van der Waals surface area contributed by atoms with Gasteiger partial charge in [-0.3, -0.25) is 5.10 Å². The normalized spacial score (nSPS) is 15.8. The number of fused-ring (bicyclic) bond motifs is 1. The number of ether oxygens (including phenoxy) is 3. The third-order valence-electron chi connectivity index (χ3n) is 4.01. The fourth-order valence-corrected chi connectivity index (χ4v) is 2.86. The Balaban J connectivity index is 2.12. The third-order valence-corrected chi connectivity index (χ3v) is 4.01. The lowest BCUT2D eigenvalue weighted by molar-refractivity contribution is 0.326. The van der Waals surface area contributed by atoms with E-state index in [0.29, 0.717) is 29.6 Å². The molecule has 2 aromatic rings. The molecular formula is C18H18N4O3. The quantitative estimate of drug-likeness (QED) is 0.811. The van der Waals surface area contributed by atoms with Crippen LogP contribution >= 0.6 is 0 Å². The van der Waals surface area contributed by atoms with E-state index in [-0.39, 0.29) is 5.88 Å². The van der Waals surface area contributed by atoms with Gasteiger partial charge in [-0.25, -0.2) is 0 Å². The second-order valence-corrected chi connectivity index (χ2v) is 5.50. The van der Waals surface area contributed by atoms with Gasteiger partial charge in [-0.1, -0.05) is 18.7 Å². The number of allylic oxidation sites excluding steroid dienone is 1. The Morgan fingerprint density at radius 2 is 2.28 bits per heavy atom. The summed E-state index contributed by atoms with van der Waals surface area (Å²) in [6.07, 6.45) is 1.66. The summed E-state index contributed by atoms with van der Waals surface area (Å²) in [5.41, 5.74) is 8.68. The largest absolute Gasteiger partial charge is 0.493 e. The van der Waals surface area contributed by atoms with Gasteiger partial charge in [-0.2, -0.15) is 5.26 Å². The average molecular weight is 338 g/mol. The van der Waals surface area contributed by atoms with Gasteiger partial charge in [0.1, 0.15) is 18.2 Å². The lowest BCUT2D eigenvalue weighted by atomic mass is 9.84. The number of hydrogen-bond acceptors (Lipinski definition) is 6. The molecule has 0 amide bonds. The van der Waals surface area contributed by atoms with Crippen molar-refractivity contribution in [3.63, 3.8) is 0 Å². The molecular weight excluding hydrogens is 320 g/mol. The molecule has 3 rings (SSSR count). The minimum Gasteiger partial charge on any atom is -0.493 e. The first kappa shape index (κ1) is 16.5. The lowest BCUT2D eigenvalue weighted by Crippen LogP contribution is -2.21. The molecule has 25 heavy (non-hydrogen) atoms. The van der Waals surface area contributed by atoms with Gasteiger partial charge in [0, 0.05) is 11.3 Å². The molecule has 0 fully saturated rings. The molecule has 0 radical (unpaired) electrons. The van der Waals surface area contributed by atoms with Crippen LogP contribution in [0.2, 0.25) is 0 Å². The summed E-state index contributed by atoms with van der Waals surface area (Å²) in [7, 11) is 1.56. The van der Waals surface area contributed by atoms with E-state index in [9.17, 15) is 5.26 Å². The Morgan fingerprint density at radius 3 is 2.96 bits per heavy atom. The molecule has 7 heteroatoms.